The maximum atomic E-state index is 11.4. The number of hydrogen-bond donors (Lipinski definition) is 3. The summed E-state index contributed by atoms with van der Waals surface area (Å²) in [5, 5.41) is 15.9. The second-order valence-electron chi connectivity index (χ2n) is 4.33. The van der Waals surface area contributed by atoms with Crippen molar-refractivity contribution >= 4 is 11.8 Å². The molecule has 1 fully saturated rings. The van der Waals surface area contributed by atoms with Crippen molar-refractivity contribution in [2.45, 2.75) is 12.5 Å². The summed E-state index contributed by atoms with van der Waals surface area (Å²) < 4.78 is 4.86. The molecule has 0 bridgehead atoms. The number of anilines is 1. The van der Waals surface area contributed by atoms with Gasteiger partial charge in [-0.2, -0.15) is 0 Å². The molecule has 0 unspecified atom stereocenters. The number of carbonyl (C=O) groups is 1. The molecule has 0 radical (unpaired) electrons. The SMILES string of the molecule is CCOC(=O)c1ccc(NCC2(O)CNC2)nc1. The minimum Gasteiger partial charge on any atom is -0.462 e. The molecule has 98 valence electrons. The smallest absolute Gasteiger partial charge is 0.339 e. The molecule has 0 saturated carbocycles. The Hall–Kier alpha value is -1.66. The Morgan fingerprint density at radius 3 is 2.89 bits per heavy atom. The maximum absolute atomic E-state index is 11.4. The Morgan fingerprint density at radius 1 is 1.61 bits per heavy atom. The monoisotopic (exact) mass is 251 g/mol. The Kier molecular flexibility index (Phi) is 3.78. The third kappa shape index (κ3) is 2.96. The minimum atomic E-state index is -0.693. The summed E-state index contributed by atoms with van der Waals surface area (Å²) in [5.41, 5.74) is -0.270. The van der Waals surface area contributed by atoms with Gasteiger partial charge in [-0.1, -0.05) is 0 Å². The van der Waals surface area contributed by atoms with Crippen molar-refractivity contribution in [1.29, 1.82) is 0 Å². The quantitative estimate of drug-likeness (QED) is 0.639. The summed E-state index contributed by atoms with van der Waals surface area (Å²) in [6.45, 7) is 3.71. The van der Waals surface area contributed by atoms with Gasteiger partial charge in [-0.15, -0.1) is 0 Å². The highest BCUT2D eigenvalue weighted by atomic mass is 16.5. The average Bonchev–Trinajstić information content (AvgIpc) is 2.35. The van der Waals surface area contributed by atoms with Gasteiger partial charge < -0.3 is 20.5 Å². The Balaban J connectivity index is 1.89. The predicted molar refractivity (Wildman–Crippen MR) is 66.5 cm³/mol. The molecule has 0 aromatic carbocycles. The van der Waals surface area contributed by atoms with Crippen molar-refractivity contribution in [3.63, 3.8) is 0 Å². The van der Waals surface area contributed by atoms with Crippen LogP contribution in [0.4, 0.5) is 5.82 Å². The topological polar surface area (TPSA) is 83.5 Å². The zero-order chi connectivity index (χ0) is 13.0. The molecule has 1 saturated heterocycles. The van der Waals surface area contributed by atoms with Gasteiger partial charge in [0.15, 0.2) is 0 Å². The molecule has 0 aliphatic carbocycles. The Labute approximate surface area is 105 Å². The van der Waals surface area contributed by atoms with Gasteiger partial charge in [-0.3, -0.25) is 0 Å². The summed E-state index contributed by atoms with van der Waals surface area (Å²) in [7, 11) is 0. The first-order chi connectivity index (χ1) is 8.63. The lowest BCUT2D eigenvalue weighted by molar-refractivity contribution is 0.00305. The highest BCUT2D eigenvalue weighted by Gasteiger charge is 2.33. The van der Waals surface area contributed by atoms with E-state index in [9.17, 15) is 9.90 Å². The number of pyridine rings is 1. The van der Waals surface area contributed by atoms with Crippen LogP contribution in [0.1, 0.15) is 17.3 Å². The third-order valence-corrected chi connectivity index (χ3v) is 2.78. The fourth-order valence-corrected chi connectivity index (χ4v) is 1.63. The maximum Gasteiger partial charge on any atom is 0.339 e. The molecular formula is C12H17N3O3. The first-order valence-corrected chi connectivity index (χ1v) is 5.93. The van der Waals surface area contributed by atoms with Gasteiger partial charge in [0.05, 0.1) is 12.2 Å². The number of β-amino-alcohol motifs (C(OH)–C–C–N with tert-alkyl or cyclic N) is 1. The van der Waals surface area contributed by atoms with E-state index in [0.29, 0.717) is 37.6 Å². The second kappa shape index (κ2) is 5.32. The lowest BCUT2D eigenvalue weighted by atomic mass is 9.97. The standard InChI is InChI=1S/C12H17N3O3/c1-2-18-11(16)9-3-4-10(14-5-9)15-8-12(17)6-13-7-12/h3-5,13,17H,2,6-8H2,1H3,(H,14,15). The summed E-state index contributed by atoms with van der Waals surface area (Å²) in [6.07, 6.45) is 1.46. The van der Waals surface area contributed by atoms with Crippen LogP contribution in [-0.2, 0) is 4.74 Å². The highest BCUT2D eigenvalue weighted by Crippen LogP contribution is 2.12. The minimum absolute atomic E-state index is 0.346. The number of nitrogens with one attached hydrogen (secondary N) is 2. The molecule has 2 rings (SSSR count). The van der Waals surface area contributed by atoms with E-state index in [0.717, 1.165) is 0 Å². The molecule has 3 N–H and O–H groups in total. The van der Waals surface area contributed by atoms with Gasteiger partial charge in [0, 0.05) is 25.8 Å². The summed E-state index contributed by atoms with van der Waals surface area (Å²) >= 11 is 0. The lowest BCUT2D eigenvalue weighted by Gasteiger charge is -2.37. The Bertz CT molecular complexity index is 415. The Morgan fingerprint density at radius 2 is 2.39 bits per heavy atom. The summed E-state index contributed by atoms with van der Waals surface area (Å²) in [6, 6.07) is 3.35. The van der Waals surface area contributed by atoms with Crippen molar-refractivity contribution in [2.75, 3.05) is 31.6 Å². The molecule has 1 aliphatic rings. The van der Waals surface area contributed by atoms with Gasteiger partial charge in [-0.25, -0.2) is 9.78 Å². The number of rotatable bonds is 5. The van der Waals surface area contributed by atoms with E-state index >= 15 is 0 Å². The van der Waals surface area contributed by atoms with E-state index < -0.39 is 5.60 Å². The normalized spacial score (nSPS) is 16.8. The molecule has 1 aromatic rings. The van der Waals surface area contributed by atoms with Crippen molar-refractivity contribution in [1.82, 2.24) is 10.3 Å². The third-order valence-electron chi connectivity index (χ3n) is 2.78. The van der Waals surface area contributed by atoms with Crippen molar-refractivity contribution < 1.29 is 14.6 Å². The molecule has 0 spiro atoms. The van der Waals surface area contributed by atoms with Gasteiger partial charge >= 0.3 is 5.97 Å². The molecule has 6 nitrogen and oxygen atoms in total. The van der Waals surface area contributed by atoms with Gasteiger partial charge in [0.1, 0.15) is 11.4 Å². The number of nitrogens with zero attached hydrogens (tertiary/aromatic N) is 1. The van der Waals surface area contributed by atoms with Crippen LogP contribution in [0.25, 0.3) is 0 Å². The number of hydrogen-bond acceptors (Lipinski definition) is 6. The molecule has 1 aromatic heterocycles. The van der Waals surface area contributed by atoms with Crippen LogP contribution >= 0.6 is 0 Å². The number of esters is 1. The lowest BCUT2D eigenvalue weighted by Crippen LogP contribution is -2.63. The van der Waals surface area contributed by atoms with E-state index in [1.54, 1.807) is 19.1 Å². The van der Waals surface area contributed by atoms with Crippen LogP contribution in [0.2, 0.25) is 0 Å². The van der Waals surface area contributed by atoms with Gasteiger partial charge in [0.25, 0.3) is 0 Å². The summed E-state index contributed by atoms with van der Waals surface area (Å²) in [4.78, 5) is 15.5. The number of aromatic nitrogens is 1. The molecular weight excluding hydrogens is 234 g/mol. The fraction of sp³-hybridized carbons (Fsp3) is 0.500. The van der Waals surface area contributed by atoms with Crippen LogP contribution in [0, 0.1) is 0 Å². The highest BCUT2D eigenvalue weighted by molar-refractivity contribution is 5.89. The average molecular weight is 251 g/mol. The van der Waals surface area contributed by atoms with Crippen LogP contribution in [0.5, 0.6) is 0 Å². The van der Waals surface area contributed by atoms with E-state index in [2.05, 4.69) is 15.6 Å². The molecule has 0 amide bonds. The van der Waals surface area contributed by atoms with Crippen LogP contribution in [-0.4, -0.2) is 47.9 Å². The van der Waals surface area contributed by atoms with Crippen molar-refractivity contribution in [3.05, 3.63) is 23.9 Å². The first-order valence-electron chi connectivity index (χ1n) is 5.93. The first kappa shape index (κ1) is 12.8. The largest absolute Gasteiger partial charge is 0.462 e. The summed E-state index contributed by atoms with van der Waals surface area (Å²) in [5.74, 6) is 0.252. The predicted octanol–water partition coefficient (Wildman–Crippen LogP) is 0.00450. The van der Waals surface area contributed by atoms with E-state index in [1.165, 1.54) is 6.20 Å². The van der Waals surface area contributed by atoms with E-state index in [-0.39, 0.29) is 5.97 Å². The van der Waals surface area contributed by atoms with Crippen LogP contribution < -0.4 is 10.6 Å². The van der Waals surface area contributed by atoms with Gasteiger partial charge in [0.2, 0.25) is 0 Å². The van der Waals surface area contributed by atoms with E-state index in [1.807, 2.05) is 0 Å². The fourth-order valence-electron chi connectivity index (χ4n) is 1.63. The molecule has 1 aliphatic heterocycles. The number of ether oxygens (including phenoxy) is 1. The van der Waals surface area contributed by atoms with Crippen LogP contribution in [0.15, 0.2) is 18.3 Å². The zero-order valence-corrected chi connectivity index (χ0v) is 10.3. The molecule has 0 atom stereocenters. The van der Waals surface area contributed by atoms with E-state index in [4.69, 9.17) is 4.74 Å². The van der Waals surface area contributed by atoms with Gasteiger partial charge in [-0.05, 0) is 19.1 Å². The number of aliphatic hydroxyl groups is 1. The molecule has 6 heteroatoms. The van der Waals surface area contributed by atoms with Crippen molar-refractivity contribution in [3.8, 4) is 0 Å². The van der Waals surface area contributed by atoms with Crippen molar-refractivity contribution in [2.24, 2.45) is 0 Å². The zero-order valence-electron chi connectivity index (χ0n) is 10.3. The molecule has 2 heterocycles. The second-order valence-corrected chi connectivity index (χ2v) is 4.33. The molecule has 18 heavy (non-hydrogen) atoms. The number of carbonyl (C=O) groups excluding carboxylic acids is 1. The van der Waals surface area contributed by atoms with Crippen LogP contribution in [0.3, 0.4) is 0 Å².